The molecule has 3 heteroatoms. The lowest BCUT2D eigenvalue weighted by molar-refractivity contribution is -0.147. The van der Waals surface area contributed by atoms with Gasteiger partial charge in [0.05, 0.1) is 7.11 Å². The first-order valence-corrected chi connectivity index (χ1v) is 8.61. The zero-order valence-electron chi connectivity index (χ0n) is 15.2. The fourth-order valence-corrected chi connectivity index (χ4v) is 3.59. The van der Waals surface area contributed by atoms with Gasteiger partial charge in [0.2, 0.25) is 0 Å². The van der Waals surface area contributed by atoms with Crippen molar-refractivity contribution in [2.24, 2.45) is 0 Å². The van der Waals surface area contributed by atoms with Gasteiger partial charge >= 0.3 is 5.97 Å². The average Bonchev–Trinajstić information content (AvgIpc) is 2.71. The summed E-state index contributed by atoms with van der Waals surface area (Å²) in [6, 6.07) is 24.0. The van der Waals surface area contributed by atoms with Crippen LogP contribution in [0.5, 0.6) is 0 Å². The fourth-order valence-electron chi connectivity index (χ4n) is 3.59. The van der Waals surface area contributed by atoms with Crippen molar-refractivity contribution in [3.63, 3.8) is 0 Å². The molecule has 0 aromatic heterocycles. The summed E-state index contributed by atoms with van der Waals surface area (Å²) in [6.45, 7) is 3.91. The number of carbonyl (C=O) groups excluding carboxylic acids is 1. The molecule has 3 nitrogen and oxygen atoms in total. The van der Waals surface area contributed by atoms with Gasteiger partial charge in [0.1, 0.15) is 0 Å². The quantitative estimate of drug-likeness (QED) is 0.469. The molecular formula is C23H23NO2. The van der Waals surface area contributed by atoms with E-state index in [-0.39, 0.29) is 5.97 Å². The Labute approximate surface area is 154 Å². The number of nitrogens with zero attached hydrogens (tertiary/aromatic N) is 1. The molecule has 1 unspecified atom stereocenters. The minimum atomic E-state index is -1.00. The molecule has 3 aromatic carbocycles. The standard InChI is InChI=1S/C23H23NO2/c1-4-17-23(22(25)26-3,24(2)19-13-6-5-7-14-19)21-16-10-12-18-11-8-9-15-20(18)21/h4-16H,1,17H2,2-3H3. The predicted molar refractivity (Wildman–Crippen MR) is 107 cm³/mol. The number of ether oxygens (including phenoxy) is 1. The van der Waals surface area contributed by atoms with Crippen LogP contribution in [-0.2, 0) is 15.1 Å². The van der Waals surface area contributed by atoms with Gasteiger partial charge in [-0.3, -0.25) is 0 Å². The van der Waals surface area contributed by atoms with Gasteiger partial charge in [-0.25, -0.2) is 4.79 Å². The van der Waals surface area contributed by atoms with Crippen molar-refractivity contribution >= 4 is 22.4 Å². The van der Waals surface area contributed by atoms with E-state index in [0.29, 0.717) is 6.42 Å². The molecule has 0 amide bonds. The van der Waals surface area contributed by atoms with E-state index in [0.717, 1.165) is 22.0 Å². The maximum absolute atomic E-state index is 13.2. The Hall–Kier alpha value is -3.07. The summed E-state index contributed by atoms with van der Waals surface area (Å²) >= 11 is 0. The van der Waals surface area contributed by atoms with Gasteiger partial charge in [0.15, 0.2) is 5.54 Å². The van der Waals surface area contributed by atoms with E-state index in [2.05, 4.69) is 18.7 Å². The molecule has 132 valence electrons. The van der Waals surface area contributed by atoms with Crippen LogP contribution in [0.2, 0.25) is 0 Å². The fraction of sp³-hybridized carbons (Fsp3) is 0.174. The van der Waals surface area contributed by atoms with E-state index >= 15 is 0 Å². The Balaban J connectivity index is 2.32. The number of rotatable bonds is 6. The average molecular weight is 345 g/mol. The van der Waals surface area contributed by atoms with Crippen LogP contribution in [-0.4, -0.2) is 20.1 Å². The smallest absolute Gasteiger partial charge is 0.336 e. The van der Waals surface area contributed by atoms with Crippen LogP contribution in [0, 0.1) is 0 Å². The van der Waals surface area contributed by atoms with Gasteiger partial charge in [-0.1, -0.05) is 66.7 Å². The van der Waals surface area contributed by atoms with E-state index in [1.807, 2.05) is 72.6 Å². The first-order chi connectivity index (χ1) is 12.6. The van der Waals surface area contributed by atoms with Crippen LogP contribution in [0.3, 0.4) is 0 Å². The topological polar surface area (TPSA) is 29.5 Å². The SMILES string of the molecule is C=CCC(C(=O)OC)(c1cccc2ccccc12)N(C)c1ccccc1. The molecule has 0 spiro atoms. The van der Waals surface area contributed by atoms with E-state index in [9.17, 15) is 4.79 Å². The minimum absolute atomic E-state index is 0.305. The summed E-state index contributed by atoms with van der Waals surface area (Å²) in [7, 11) is 3.36. The number of anilines is 1. The van der Waals surface area contributed by atoms with Crippen molar-refractivity contribution < 1.29 is 9.53 Å². The van der Waals surface area contributed by atoms with Gasteiger partial charge in [-0.2, -0.15) is 0 Å². The number of hydrogen-bond acceptors (Lipinski definition) is 3. The number of carbonyl (C=O) groups is 1. The third kappa shape index (κ3) is 2.86. The van der Waals surface area contributed by atoms with Crippen molar-refractivity contribution in [1.29, 1.82) is 0 Å². The molecule has 0 radical (unpaired) electrons. The van der Waals surface area contributed by atoms with E-state index < -0.39 is 5.54 Å². The number of esters is 1. The van der Waals surface area contributed by atoms with Crippen LogP contribution >= 0.6 is 0 Å². The Morgan fingerprint density at radius 1 is 1.04 bits per heavy atom. The first kappa shape index (κ1) is 17.7. The normalized spacial score (nSPS) is 13.0. The zero-order valence-corrected chi connectivity index (χ0v) is 15.2. The molecular weight excluding hydrogens is 322 g/mol. The lowest BCUT2D eigenvalue weighted by atomic mass is 9.81. The van der Waals surface area contributed by atoms with Crippen LogP contribution in [0.1, 0.15) is 12.0 Å². The molecule has 26 heavy (non-hydrogen) atoms. The highest BCUT2D eigenvalue weighted by Crippen LogP contribution is 2.40. The van der Waals surface area contributed by atoms with E-state index in [1.165, 1.54) is 7.11 Å². The lowest BCUT2D eigenvalue weighted by Crippen LogP contribution is -2.51. The van der Waals surface area contributed by atoms with Gasteiger partial charge < -0.3 is 9.64 Å². The second-order valence-electron chi connectivity index (χ2n) is 6.27. The van der Waals surface area contributed by atoms with Crippen molar-refractivity contribution in [1.82, 2.24) is 0 Å². The molecule has 0 saturated heterocycles. The molecule has 3 aromatic rings. The second kappa shape index (κ2) is 7.44. The van der Waals surface area contributed by atoms with Gasteiger partial charge in [0.25, 0.3) is 0 Å². The lowest BCUT2D eigenvalue weighted by Gasteiger charge is -2.41. The Morgan fingerprint density at radius 2 is 1.69 bits per heavy atom. The highest BCUT2D eigenvalue weighted by Gasteiger charge is 2.45. The minimum Gasteiger partial charge on any atom is -0.467 e. The molecule has 0 saturated carbocycles. The number of benzene rings is 3. The predicted octanol–water partition coefficient (Wildman–Crippen LogP) is 4.92. The molecule has 1 atom stereocenters. The largest absolute Gasteiger partial charge is 0.467 e. The van der Waals surface area contributed by atoms with Crippen molar-refractivity contribution in [3.8, 4) is 0 Å². The summed E-state index contributed by atoms with van der Waals surface area (Å²) < 4.78 is 5.29. The number of likely N-dealkylation sites (N-methyl/N-ethyl adjacent to an activating group) is 1. The number of para-hydroxylation sites is 1. The van der Waals surface area contributed by atoms with Gasteiger partial charge in [-0.05, 0) is 28.5 Å². The summed E-state index contributed by atoms with van der Waals surface area (Å²) in [5.41, 5.74) is 0.847. The van der Waals surface area contributed by atoms with Crippen molar-refractivity contribution in [2.75, 3.05) is 19.1 Å². The van der Waals surface area contributed by atoms with Crippen LogP contribution in [0.4, 0.5) is 5.69 Å². The summed E-state index contributed by atoms with van der Waals surface area (Å²) in [5, 5.41) is 2.12. The highest BCUT2D eigenvalue weighted by atomic mass is 16.5. The van der Waals surface area contributed by atoms with Gasteiger partial charge in [-0.15, -0.1) is 6.58 Å². The third-order valence-electron chi connectivity index (χ3n) is 4.91. The van der Waals surface area contributed by atoms with E-state index in [1.54, 1.807) is 6.08 Å². The molecule has 0 aliphatic heterocycles. The Morgan fingerprint density at radius 3 is 2.38 bits per heavy atom. The summed E-state index contributed by atoms with van der Waals surface area (Å²) in [6.07, 6.45) is 2.21. The maximum Gasteiger partial charge on any atom is 0.336 e. The maximum atomic E-state index is 13.2. The van der Waals surface area contributed by atoms with E-state index in [4.69, 9.17) is 4.74 Å². The van der Waals surface area contributed by atoms with Crippen molar-refractivity contribution in [3.05, 3.63) is 91.0 Å². The Kier molecular flexibility index (Phi) is 5.08. The molecule has 0 heterocycles. The Bertz CT molecular complexity index is 914. The molecule has 0 fully saturated rings. The third-order valence-corrected chi connectivity index (χ3v) is 4.91. The highest BCUT2D eigenvalue weighted by molar-refractivity contribution is 5.96. The first-order valence-electron chi connectivity index (χ1n) is 8.61. The van der Waals surface area contributed by atoms with Crippen molar-refractivity contribution in [2.45, 2.75) is 12.0 Å². The molecule has 0 aliphatic rings. The molecule has 0 aliphatic carbocycles. The second-order valence-corrected chi connectivity index (χ2v) is 6.27. The number of hydrogen-bond donors (Lipinski definition) is 0. The van der Waals surface area contributed by atoms with Crippen LogP contribution in [0.15, 0.2) is 85.5 Å². The summed E-state index contributed by atoms with van der Waals surface area (Å²) in [5.74, 6) is -0.305. The number of methoxy groups -OCH3 is 1. The van der Waals surface area contributed by atoms with Gasteiger partial charge in [0, 0.05) is 19.2 Å². The zero-order chi connectivity index (χ0) is 18.6. The molecule has 0 bridgehead atoms. The van der Waals surface area contributed by atoms with Crippen LogP contribution < -0.4 is 4.90 Å². The summed E-state index contributed by atoms with van der Waals surface area (Å²) in [4.78, 5) is 15.2. The molecule has 0 N–H and O–H groups in total. The molecule has 3 rings (SSSR count). The van der Waals surface area contributed by atoms with Crippen LogP contribution in [0.25, 0.3) is 10.8 Å². The monoisotopic (exact) mass is 345 g/mol. The number of fused-ring (bicyclic) bond motifs is 1.